The van der Waals surface area contributed by atoms with Crippen LogP contribution in [0.2, 0.25) is 0 Å². The molecule has 0 amide bonds. The highest BCUT2D eigenvalue weighted by Crippen LogP contribution is 2.22. The monoisotopic (exact) mass is 267 g/mol. The van der Waals surface area contributed by atoms with Gasteiger partial charge in [0.15, 0.2) is 0 Å². The minimum absolute atomic E-state index is 0.451. The number of nitrogen functional groups attached to an aromatic ring is 1. The van der Waals surface area contributed by atoms with E-state index in [-0.39, 0.29) is 0 Å². The Balaban J connectivity index is 2.45. The van der Waals surface area contributed by atoms with Crippen LogP contribution in [0.4, 0.5) is 5.95 Å². The molecule has 0 atom stereocenters. The first-order valence-corrected chi connectivity index (χ1v) is 5.15. The number of aromatic nitrogens is 2. The van der Waals surface area contributed by atoms with Gasteiger partial charge in [-0.15, -0.1) is 0 Å². The summed E-state index contributed by atoms with van der Waals surface area (Å²) in [6.07, 6.45) is 1.67. The van der Waals surface area contributed by atoms with Crippen molar-refractivity contribution in [1.82, 2.24) is 9.55 Å². The molecule has 4 nitrogen and oxygen atoms in total. The number of methoxy groups -OCH3 is 1. The molecule has 0 unspecified atom stereocenters. The van der Waals surface area contributed by atoms with Gasteiger partial charge in [-0.05, 0) is 40.2 Å². The predicted molar refractivity (Wildman–Crippen MR) is 62.2 cm³/mol. The topological polar surface area (TPSA) is 53.1 Å². The zero-order chi connectivity index (χ0) is 10.8. The number of anilines is 1. The Bertz CT molecular complexity index is 445. The van der Waals surface area contributed by atoms with Crippen LogP contribution in [0.25, 0.3) is 5.69 Å². The molecule has 1 heterocycles. The minimum atomic E-state index is 0.451. The molecule has 0 aliphatic carbocycles. The zero-order valence-corrected chi connectivity index (χ0v) is 9.73. The van der Waals surface area contributed by atoms with Crippen molar-refractivity contribution in [3.8, 4) is 11.4 Å². The van der Waals surface area contributed by atoms with Crippen LogP contribution >= 0.6 is 15.9 Å². The van der Waals surface area contributed by atoms with Gasteiger partial charge in [0.05, 0.1) is 13.3 Å². The van der Waals surface area contributed by atoms with Crippen molar-refractivity contribution in [3.63, 3.8) is 0 Å². The van der Waals surface area contributed by atoms with E-state index in [1.165, 1.54) is 0 Å². The summed E-state index contributed by atoms with van der Waals surface area (Å²) >= 11 is 3.38. The van der Waals surface area contributed by atoms with Crippen LogP contribution in [0.15, 0.2) is 35.1 Å². The van der Waals surface area contributed by atoms with Gasteiger partial charge in [0.2, 0.25) is 5.95 Å². The fourth-order valence-electron chi connectivity index (χ4n) is 1.33. The van der Waals surface area contributed by atoms with Gasteiger partial charge in [-0.2, -0.15) is 0 Å². The Morgan fingerprint density at radius 3 is 2.47 bits per heavy atom. The third kappa shape index (κ3) is 1.83. The number of benzene rings is 1. The van der Waals surface area contributed by atoms with Gasteiger partial charge in [-0.25, -0.2) is 4.98 Å². The SMILES string of the molecule is COc1ccc(-n2c(Br)cnc2N)cc1. The summed E-state index contributed by atoms with van der Waals surface area (Å²) in [5.41, 5.74) is 6.68. The number of nitrogens with zero attached hydrogens (tertiary/aromatic N) is 2. The van der Waals surface area contributed by atoms with Crippen molar-refractivity contribution in [2.45, 2.75) is 0 Å². The summed E-state index contributed by atoms with van der Waals surface area (Å²) < 4.78 is 7.71. The van der Waals surface area contributed by atoms with Gasteiger partial charge in [0.25, 0.3) is 0 Å². The van der Waals surface area contributed by atoms with Crippen molar-refractivity contribution in [3.05, 3.63) is 35.1 Å². The largest absolute Gasteiger partial charge is 0.497 e. The highest BCUT2D eigenvalue weighted by Gasteiger charge is 2.06. The van der Waals surface area contributed by atoms with Crippen molar-refractivity contribution in [1.29, 1.82) is 0 Å². The van der Waals surface area contributed by atoms with E-state index < -0.39 is 0 Å². The third-order valence-electron chi connectivity index (χ3n) is 2.08. The first-order valence-electron chi connectivity index (χ1n) is 4.35. The molecule has 78 valence electrons. The van der Waals surface area contributed by atoms with Crippen LogP contribution in [-0.2, 0) is 0 Å². The fraction of sp³-hybridized carbons (Fsp3) is 0.100. The van der Waals surface area contributed by atoms with Crippen LogP contribution in [0.5, 0.6) is 5.75 Å². The van der Waals surface area contributed by atoms with Crippen LogP contribution in [0, 0.1) is 0 Å². The van der Waals surface area contributed by atoms with Gasteiger partial charge < -0.3 is 10.5 Å². The van der Waals surface area contributed by atoms with E-state index in [2.05, 4.69) is 20.9 Å². The number of ether oxygens (including phenoxy) is 1. The summed E-state index contributed by atoms with van der Waals surface area (Å²) in [5.74, 6) is 1.26. The summed E-state index contributed by atoms with van der Waals surface area (Å²) in [4.78, 5) is 4.00. The van der Waals surface area contributed by atoms with Crippen molar-refractivity contribution >= 4 is 21.9 Å². The summed E-state index contributed by atoms with van der Waals surface area (Å²) in [6.45, 7) is 0. The van der Waals surface area contributed by atoms with E-state index in [0.717, 1.165) is 16.0 Å². The maximum Gasteiger partial charge on any atom is 0.205 e. The molecule has 0 saturated heterocycles. The Morgan fingerprint density at radius 1 is 1.33 bits per heavy atom. The average molecular weight is 268 g/mol. The second-order valence-corrected chi connectivity index (χ2v) is 3.79. The molecule has 2 rings (SSSR count). The van der Waals surface area contributed by atoms with E-state index in [1.54, 1.807) is 17.9 Å². The lowest BCUT2D eigenvalue weighted by atomic mass is 10.3. The van der Waals surface area contributed by atoms with Crippen molar-refractivity contribution < 1.29 is 4.74 Å². The maximum atomic E-state index is 5.73. The van der Waals surface area contributed by atoms with E-state index >= 15 is 0 Å². The minimum Gasteiger partial charge on any atom is -0.497 e. The smallest absolute Gasteiger partial charge is 0.205 e. The van der Waals surface area contributed by atoms with Crippen molar-refractivity contribution in [2.75, 3.05) is 12.8 Å². The van der Waals surface area contributed by atoms with Crippen LogP contribution in [0.1, 0.15) is 0 Å². The van der Waals surface area contributed by atoms with Crippen LogP contribution < -0.4 is 10.5 Å². The molecule has 1 aromatic carbocycles. The second-order valence-electron chi connectivity index (χ2n) is 2.97. The Kier molecular flexibility index (Phi) is 2.64. The lowest BCUT2D eigenvalue weighted by Gasteiger charge is -2.07. The highest BCUT2D eigenvalue weighted by atomic mass is 79.9. The fourth-order valence-corrected chi connectivity index (χ4v) is 1.82. The highest BCUT2D eigenvalue weighted by molar-refractivity contribution is 9.10. The van der Waals surface area contributed by atoms with Gasteiger partial charge in [0, 0.05) is 5.69 Å². The first kappa shape index (κ1) is 10.0. The summed E-state index contributed by atoms with van der Waals surface area (Å²) in [7, 11) is 1.64. The van der Waals surface area contributed by atoms with E-state index in [0.29, 0.717) is 5.95 Å². The van der Waals surface area contributed by atoms with Crippen LogP contribution in [-0.4, -0.2) is 16.7 Å². The standard InChI is InChI=1S/C10H10BrN3O/c1-15-8-4-2-7(3-5-8)14-9(11)6-13-10(14)12/h2-6H,1H3,(H2,12,13). The molecular formula is C10H10BrN3O. The van der Waals surface area contributed by atoms with Gasteiger partial charge in [0.1, 0.15) is 10.4 Å². The van der Waals surface area contributed by atoms with Crippen molar-refractivity contribution in [2.24, 2.45) is 0 Å². The quantitative estimate of drug-likeness (QED) is 0.908. The van der Waals surface area contributed by atoms with Gasteiger partial charge >= 0.3 is 0 Å². The normalized spacial score (nSPS) is 10.3. The number of hydrogen-bond donors (Lipinski definition) is 1. The van der Waals surface area contributed by atoms with Gasteiger partial charge in [-0.3, -0.25) is 4.57 Å². The number of rotatable bonds is 2. The first-order chi connectivity index (χ1) is 7.22. The van der Waals surface area contributed by atoms with E-state index in [4.69, 9.17) is 10.5 Å². The number of imidazole rings is 1. The van der Waals surface area contributed by atoms with Gasteiger partial charge in [-0.1, -0.05) is 0 Å². The molecule has 0 saturated carbocycles. The summed E-state index contributed by atoms with van der Waals surface area (Å²) in [6, 6.07) is 7.59. The number of halogens is 1. The Labute approximate surface area is 95.8 Å². The number of hydrogen-bond acceptors (Lipinski definition) is 3. The number of nitrogens with two attached hydrogens (primary N) is 1. The third-order valence-corrected chi connectivity index (χ3v) is 2.64. The maximum absolute atomic E-state index is 5.73. The Morgan fingerprint density at radius 2 is 2.00 bits per heavy atom. The molecule has 0 fully saturated rings. The Hall–Kier alpha value is -1.49. The second kappa shape index (κ2) is 3.94. The molecule has 2 aromatic rings. The average Bonchev–Trinajstić information content (AvgIpc) is 2.59. The lowest BCUT2D eigenvalue weighted by Crippen LogP contribution is -2.00. The van der Waals surface area contributed by atoms with Crippen LogP contribution in [0.3, 0.4) is 0 Å². The predicted octanol–water partition coefficient (Wildman–Crippen LogP) is 2.23. The molecule has 0 radical (unpaired) electrons. The van der Waals surface area contributed by atoms with E-state index in [9.17, 15) is 0 Å². The molecule has 0 spiro atoms. The molecule has 1 aromatic heterocycles. The lowest BCUT2D eigenvalue weighted by molar-refractivity contribution is 0.414. The molecule has 15 heavy (non-hydrogen) atoms. The zero-order valence-electron chi connectivity index (χ0n) is 8.14. The molecule has 2 N–H and O–H groups in total. The molecular weight excluding hydrogens is 258 g/mol. The molecule has 0 bridgehead atoms. The molecule has 0 aliphatic heterocycles. The van der Waals surface area contributed by atoms with E-state index in [1.807, 2.05) is 24.3 Å². The summed E-state index contributed by atoms with van der Waals surface area (Å²) in [5, 5.41) is 0. The molecule has 0 aliphatic rings. The molecule has 5 heteroatoms.